The summed E-state index contributed by atoms with van der Waals surface area (Å²) in [6.07, 6.45) is -3.22. The summed E-state index contributed by atoms with van der Waals surface area (Å²) in [4.78, 5) is 3.81. The van der Waals surface area contributed by atoms with E-state index in [4.69, 9.17) is 5.11 Å². The molecule has 1 aliphatic rings. The molecule has 1 aliphatic heterocycles. The van der Waals surface area contributed by atoms with Crippen molar-refractivity contribution in [2.75, 3.05) is 0 Å². The first-order valence-electron chi connectivity index (χ1n) is 4.79. The Kier molecular flexibility index (Phi) is 2.46. The van der Waals surface area contributed by atoms with Gasteiger partial charge >= 0.3 is 6.18 Å². The van der Waals surface area contributed by atoms with E-state index in [1.807, 2.05) is 0 Å². The molecule has 0 radical (unpaired) electrons. The summed E-state index contributed by atoms with van der Waals surface area (Å²) in [5.41, 5.74) is -0.292. The van der Waals surface area contributed by atoms with E-state index in [-0.39, 0.29) is 5.69 Å². The molecule has 1 aromatic rings. The molecule has 1 N–H and O–H groups in total. The summed E-state index contributed by atoms with van der Waals surface area (Å²) in [6.45, 7) is 0.687. The van der Waals surface area contributed by atoms with E-state index in [9.17, 15) is 13.2 Å². The zero-order chi connectivity index (χ0) is 11.1. The van der Waals surface area contributed by atoms with Crippen molar-refractivity contribution in [1.29, 1.82) is 0 Å². The van der Waals surface area contributed by atoms with Crippen LogP contribution in [-0.4, -0.2) is 20.8 Å². The highest BCUT2D eigenvalue weighted by Gasteiger charge is 2.41. The van der Waals surface area contributed by atoms with Gasteiger partial charge in [-0.2, -0.15) is 13.2 Å². The van der Waals surface area contributed by atoms with Gasteiger partial charge in [-0.15, -0.1) is 0 Å². The van der Waals surface area contributed by atoms with Crippen molar-refractivity contribution in [3.8, 4) is 0 Å². The molecule has 0 unspecified atom stereocenters. The van der Waals surface area contributed by atoms with Gasteiger partial charge in [-0.3, -0.25) is 0 Å². The van der Waals surface area contributed by atoms with Gasteiger partial charge in [0.15, 0.2) is 6.10 Å². The lowest BCUT2D eigenvalue weighted by molar-refractivity contribution is -0.207. The number of hydrogen-bond acceptors (Lipinski definition) is 2. The predicted octanol–water partition coefficient (Wildman–Crippen LogP) is 1.82. The van der Waals surface area contributed by atoms with Gasteiger partial charge in [0.05, 0.1) is 5.69 Å². The first-order valence-corrected chi connectivity index (χ1v) is 4.79. The lowest BCUT2D eigenvalue weighted by Gasteiger charge is -2.12. The quantitative estimate of drug-likeness (QED) is 0.783. The Balaban J connectivity index is 2.26. The Bertz CT molecular complexity index is 335. The summed E-state index contributed by atoms with van der Waals surface area (Å²) >= 11 is 0. The Morgan fingerprint density at radius 3 is 2.73 bits per heavy atom. The second-order valence-corrected chi connectivity index (χ2v) is 3.68. The minimum Gasteiger partial charge on any atom is -0.378 e. The fraction of sp³-hybridized carbons (Fsp3) is 0.667. The fourth-order valence-electron chi connectivity index (χ4n) is 1.73. The highest BCUT2D eigenvalue weighted by atomic mass is 19.4. The fourth-order valence-corrected chi connectivity index (χ4v) is 1.73. The SMILES string of the molecule is O[C@H](c1cn2c(n1)CCCC2)C(F)(F)F. The Morgan fingerprint density at radius 2 is 2.13 bits per heavy atom. The minimum atomic E-state index is -4.63. The zero-order valence-corrected chi connectivity index (χ0v) is 7.96. The molecule has 3 nitrogen and oxygen atoms in total. The van der Waals surface area contributed by atoms with Crippen LogP contribution in [0.2, 0.25) is 0 Å². The largest absolute Gasteiger partial charge is 0.420 e. The number of aliphatic hydroxyl groups excluding tert-OH is 1. The second-order valence-electron chi connectivity index (χ2n) is 3.68. The highest BCUT2D eigenvalue weighted by Crippen LogP contribution is 2.32. The van der Waals surface area contributed by atoms with E-state index in [0.29, 0.717) is 18.8 Å². The average Bonchev–Trinajstić information content (AvgIpc) is 2.58. The zero-order valence-electron chi connectivity index (χ0n) is 7.96. The smallest absolute Gasteiger partial charge is 0.378 e. The van der Waals surface area contributed by atoms with Crippen LogP contribution in [0.5, 0.6) is 0 Å². The molecular weight excluding hydrogens is 209 g/mol. The molecule has 0 saturated heterocycles. The number of nitrogens with zero attached hydrogens (tertiary/aromatic N) is 2. The van der Waals surface area contributed by atoms with Crippen LogP contribution in [0, 0.1) is 0 Å². The molecule has 0 aliphatic carbocycles. The molecule has 2 rings (SSSR count). The van der Waals surface area contributed by atoms with Gasteiger partial charge in [0, 0.05) is 19.2 Å². The third kappa shape index (κ3) is 1.99. The van der Waals surface area contributed by atoms with Gasteiger partial charge in [0.2, 0.25) is 0 Å². The van der Waals surface area contributed by atoms with Crippen molar-refractivity contribution in [1.82, 2.24) is 9.55 Å². The summed E-state index contributed by atoms with van der Waals surface area (Å²) < 4.78 is 38.3. The maximum absolute atomic E-state index is 12.2. The normalized spacial score (nSPS) is 18.7. The summed E-state index contributed by atoms with van der Waals surface area (Å²) in [5, 5.41) is 9.01. The number of hydrogen-bond donors (Lipinski definition) is 1. The van der Waals surface area contributed by atoms with Gasteiger partial charge < -0.3 is 9.67 Å². The number of aliphatic hydroxyl groups is 1. The van der Waals surface area contributed by atoms with Gasteiger partial charge in [-0.1, -0.05) is 0 Å². The topological polar surface area (TPSA) is 38.0 Å². The monoisotopic (exact) mass is 220 g/mol. The van der Waals surface area contributed by atoms with E-state index in [2.05, 4.69) is 4.98 Å². The number of rotatable bonds is 1. The first-order chi connectivity index (χ1) is 6.98. The molecule has 0 fully saturated rings. The Labute approximate surface area is 84.5 Å². The molecule has 0 spiro atoms. The van der Waals surface area contributed by atoms with Crippen molar-refractivity contribution in [3.05, 3.63) is 17.7 Å². The number of aromatic nitrogens is 2. The van der Waals surface area contributed by atoms with E-state index in [1.54, 1.807) is 4.57 Å². The molecule has 2 heterocycles. The molecule has 0 amide bonds. The highest BCUT2D eigenvalue weighted by molar-refractivity contribution is 5.10. The number of fused-ring (bicyclic) bond motifs is 1. The van der Waals surface area contributed by atoms with E-state index >= 15 is 0 Å². The molecule has 0 bridgehead atoms. The number of alkyl halides is 3. The molecule has 15 heavy (non-hydrogen) atoms. The average molecular weight is 220 g/mol. The van der Waals surface area contributed by atoms with Crippen LogP contribution in [0.25, 0.3) is 0 Å². The van der Waals surface area contributed by atoms with Crippen molar-refractivity contribution >= 4 is 0 Å². The van der Waals surface area contributed by atoms with Crippen molar-refractivity contribution in [2.24, 2.45) is 0 Å². The molecule has 6 heteroatoms. The van der Waals surface area contributed by atoms with Crippen LogP contribution < -0.4 is 0 Å². The molecular formula is C9H11F3N2O. The standard InChI is InChI=1S/C9H11F3N2O/c10-9(11,12)8(15)6-5-14-4-2-1-3-7(14)13-6/h5,8,15H,1-4H2/t8-/m1/s1. The third-order valence-electron chi connectivity index (χ3n) is 2.52. The van der Waals surface area contributed by atoms with Crippen LogP contribution in [0.1, 0.15) is 30.5 Å². The van der Waals surface area contributed by atoms with Crippen LogP contribution in [0.3, 0.4) is 0 Å². The van der Waals surface area contributed by atoms with Gasteiger partial charge in [0.1, 0.15) is 5.82 Å². The third-order valence-corrected chi connectivity index (χ3v) is 2.52. The summed E-state index contributed by atoms with van der Waals surface area (Å²) in [7, 11) is 0. The lowest BCUT2D eigenvalue weighted by Crippen LogP contribution is -2.20. The number of imidazole rings is 1. The van der Waals surface area contributed by atoms with Crippen molar-refractivity contribution in [2.45, 2.75) is 38.1 Å². The molecule has 0 saturated carbocycles. The van der Waals surface area contributed by atoms with E-state index < -0.39 is 12.3 Å². The first kappa shape index (κ1) is 10.5. The van der Waals surface area contributed by atoms with Crippen LogP contribution in [0.15, 0.2) is 6.20 Å². The van der Waals surface area contributed by atoms with Gasteiger partial charge in [0.25, 0.3) is 0 Å². The van der Waals surface area contributed by atoms with Crippen LogP contribution in [-0.2, 0) is 13.0 Å². The van der Waals surface area contributed by atoms with Gasteiger partial charge in [-0.25, -0.2) is 4.98 Å². The van der Waals surface area contributed by atoms with Gasteiger partial charge in [-0.05, 0) is 12.8 Å². The predicted molar refractivity (Wildman–Crippen MR) is 46.2 cm³/mol. The Morgan fingerprint density at radius 1 is 1.40 bits per heavy atom. The second kappa shape index (κ2) is 3.52. The molecule has 84 valence electrons. The van der Waals surface area contributed by atoms with Crippen LogP contribution >= 0.6 is 0 Å². The number of aryl methyl sites for hydroxylation is 2. The molecule has 0 aromatic carbocycles. The number of halogens is 3. The van der Waals surface area contributed by atoms with Crippen molar-refractivity contribution < 1.29 is 18.3 Å². The Hall–Kier alpha value is -1.04. The maximum atomic E-state index is 12.2. The van der Waals surface area contributed by atoms with Crippen LogP contribution in [0.4, 0.5) is 13.2 Å². The molecule has 1 atom stereocenters. The van der Waals surface area contributed by atoms with Crippen molar-refractivity contribution in [3.63, 3.8) is 0 Å². The minimum absolute atomic E-state index is 0.292. The molecule has 1 aromatic heterocycles. The summed E-state index contributed by atoms with van der Waals surface area (Å²) in [5.74, 6) is 0.638. The van der Waals surface area contributed by atoms with E-state index in [1.165, 1.54) is 6.20 Å². The lowest BCUT2D eigenvalue weighted by atomic mass is 10.2. The van der Waals surface area contributed by atoms with E-state index in [0.717, 1.165) is 12.8 Å². The summed E-state index contributed by atoms with van der Waals surface area (Å²) in [6, 6.07) is 0. The maximum Gasteiger partial charge on any atom is 0.420 e.